The third kappa shape index (κ3) is 5.61. The molecule has 0 bridgehead atoms. The van der Waals surface area contributed by atoms with Gasteiger partial charge < -0.3 is 10.2 Å². The van der Waals surface area contributed by atoms with Crippen LogP contribution in [0.3, 0.4) is 0 Å². The number of aliphatic hydroxyl groups excluding tert-OH is 1. The van der Waals surface area contributed by atoms with E-state index < -0.39 is 5.60 Å². The van der Waals surface area contributed by atoms with E-state index in [0.29, 0.717) is 0 Å². The second-order valence-corrected chi connectivity index (χ2v) is 2.91. The zero-order valence-electron chi connectivity index (χ0n) is 6.68. The van der Waals surface area contributed by atoms with Crippen LogP contribution in [0.15, 0.2) is 0 Å². The molecule has 0 heterocycles. The lowest BCUT2D eigenvalue weighted by Crippen LogP contribution is -2.15. The number of hydrogen-bond donors (Lipinski definition) is 2. The molecule has 0 aromatic carbocycles. The number of aliphatic hydroxyl groups is 2. The zero-order valence-corrected chi connectivity index (χ0v) is 6.68. The van der Waals surface area contributed by atoms with Gasteiger partial charge in [0.25, 0.3) is 0 Å². The highest BCUT2D eigenvalue weighted by molar-refractivity contribution is 5.11. The van der Waals surface area contributed by atoms with Gasteiger partial charge in [-0.15, -0.1) is 0 Å². The SMILES string of the molecule is CC(C#CC(C)(C)O)CO. The summed E-state index contributed by atoms with van der Waals surface area (Å²) in [5.74, 6) is 5.29. The van der Waals surface area contributed by atoms with E-state index in [9.17, 15) is 0 Å². The van der Waals surface area contributed by atoms with Gasteiger partial charge in [-0.1, -0.05) is 11.8 Å². The minimum atomic E-state index is -0.941. The van der Waals surface area contributed by atoms with E-state index in [0.717, 1.165) is 0 Å². The molecule has 0 rings (SSSR count). The summed E-state index contributed by atoms with van der Waals surface area (Å²) in [7, 11) is 0. The van der Waals surface area contributed by atoms with Crippen molar-refractivity contribution in [1.29, 1.82) is 0 Å². The Kier molecular flexibility index (Phi) is 3.41. The molecular formula is C8H14O2. The molecule has 0 aliphatic heterocycles. The Hall–Kier alpha value is -0.520. The van der Waals surface area contributed by atoms with Crippen LogP contribution in [0, 0.1) is 17.8 Å². The average molecular weight is 142 g/mol. The first kappa shape index (κ1) is 9.48. The van der Waals surface area contributed by atoms with E-state index in [1.54, 1.807) is 20.8 Å². The molecule has 1 atom stereocenters. The molecule has 0 aromatic rings. The summed E-state index contributed by atoms with van der Waals surface area (Å²) < 4.78 is 0. The maximum atomic E-state index is 9.11. The van der Waals surface area contributed by atoms with Gasteiger partial charge in [0.15, 0.2) is 0 Å². The van der Waals surface area contributed by atoms with E-state index in [1.807, 2.05) is 0 Å². The van der Waals surface area contributed by atoms with Crippen molar-refractivity contribution in [3.05, 3.63) is 0 Å². The fourth-order valence-corrected chi connectivity index (χ4v) is 0.345. The van der Waals surface area contributed by atoms with Gasteiger partial charge in [0.2, 0.25) is 0 Å². The van der Waals surface area contributed by atoms with Gasteiger partial charge in [0.05, 0.1) is 6.61 Å². The van der Waals surface area contributed by atoms with Crippen molar-refractivity contribution < 1.29 is 10.2 Å². The Balaban J connectivity index is 3.91. The monoisotopic (exact) mass is 142 g/mol. The van der Waals surface area contributed by atoms with Gasteiger partial charge >= 0.3 is 0 Å². The highest BCUT2D eigenvalue weighted by Gasteiger charge is 2.06. The molecular weight excluding hydrogens is 128 g/mol. The van der Waals surface area contributed by atoms with Crippen LogP contribution >= 0.6 is 0 Å². The molecule has 0 saturated carbocycles. The molecule has 2 heteroatoms. The Morgan fingerprint density at radius 3 is 2.30 bits per heavy atom. The van der Waals surface area contributed by atoms with Crippen molar-refractivity contribution in [2.24, 2.45) is 5.92 Å². The Morgan fingerprint density at radius 1 is 1.50 bits per heavy atom. The maximum absolute atomic E-state index is 9.11. The van der Waals surface area contributed by atoms with Crippen LogP contribution in [-0.2, 0) is 0 Å². The molecule has 0 radical (unpaired) electrons. The molecule has 0 aliphatic rings. The predicted octanol–water partition coefficient (Wildman–Crippen LogP) is 0.389. The van der Waals surface area contributed by atoms with Gasteiger partial charge in [-0.25, -0.2) is 0 Å². The molecule has 0 aliphatic carbocycles. The Morgan fingerprint density at radius 2 is 2.00 bits per heavy atom. The van der Waals surface area contributed by atoms with Crippen LogP contribution in [0.2, 0.25) is 0 Å². The lowest BCUT2D eigenvalue weighted by atomic mass is 10.1. The molecule has 1 unspecified atom stereocenters. The zero-order chi connectivity index (χ0) is 8.20. The first-order valence-electron chi connectivity index (χ1n) is 3.31. The largest absolute Gasteiger partial charge is 0.395 e. The summed E-state index contributed by atoms with van der Waals surface area (Å²) in [5, 5.41) is 17.7. The lowest BCUT2D eigenvalue weighted by molar-refractivity contribution is 0.143. The lowest BCUT2D eigenvalue weighted by Gasteiger charge is -2.06. The minimum absolute atomic E-state index is 0.0447. The molecule has 0 fully saturated rings. The first-order chi connectivity index (χ1) is 4.45. The predicted molar refractivity (Wildman–Crippen MR) is 40.3 cm³/mol. The third-order valence-electron chi connectivity index (χ3n) is 0.898. The van der Waals surface area contributed by atoms with Gasteiger partial charge in [0.1, 0.15) is 5.60 Å². The number of hydrogen-bond acceptors (Lipinski definition) is 2. The number of rotatable bonds is 1. The standard InChI is InChI=1S/C8H14O2/c1-7(6-9)4-5-8(2,3)10/h7,9-10H,6H2,1-3H3. The van der Waals surface area contributed by atoms with E-state index >= 15 is 0 Å². The normalized spacial score (nSPS) is 13.7. The molecule has 2 nitrogen and oxygen atoms in total. The van der Waals surface area contributed by atoms with Gasteiger partial charge in [0, 0.05) is 5.92 Å². The summed E-state index contributed by atoms with van der Waals surface area (Å²) in [6.45, 7) is 5.08. The summed E-state index contributed by atoms with van der Waals surface area (Å²) in [6.07, 6.45) is 0. The topological polar surface area (TPSA) is 40.5 Å². The second-order valence-electron chi connectivity index (χ2n) is 2.91. The van der Waals surface area contributed by atoms with Crippen LogP contribution in [0.25, 0.3) is 0 Å². The molecule has 58 valence electrons. The van der Waals surface area contributed by atoms with E-state index in [2.05, 4.69) is 11.8 Å². The highest BCUT2D eigenvalue weighted by Crippen LogP contribution is 1.98. The fourth-order valence-electron chi connectivity index (χ4n) is 0.345. The van der Waals surface area contributed by atoms with Crippen LogP contribution in [0.5, 0.6) is 0 Å². The molecule has 10 heavy (non-hydrogen) atoms. The van der Waals surface area contributed by atoms with Crippen molar-refractivity contribution in [2.45, 2.75) is 26.4 Å². The molecule has 0 spiro atoms. The van der Waals surface area contributed by atoms with Crippen LogP contribution < -0.4 is 0 Å². The Labute approximate surface area is 61.9 Å². The second kappa shape index (κ2) is 3.60. The Bertz CT molecular complexity index is 145. The van der Waals surface area contributed by atoms with E-state index in [1.165, 1.54) is 0 Å². The van der Waals surface area contributed by atoms with Crippen molar-refractivity contribution in [2.75, 3.05) is 6.61 Å². The summed E-state index contributed by atoms with van der Waals surface area (Å²) >= 11 is 0. The average Bonchev–Trinajstić information content (AvgIpc) is 1.81. The summed E-state index contributed by atoms with van der Waals surface area (Å²) in [5.41, 5.74) is -0.941. The minimum Gasteiger partial charge on any atom is -0.395 e. The van der Waals surface area contributed by atoms with Crippen molar-refractivity contribution in [3.63, 3.8) is 0 Å². The molecule has 0 saturated heterocycles. The van der Waals surface area contributed by atoms with Crippen LogP contribution in [-0.4, -0.2) is 22.4 Å². The van der Waals surface area contributed by atoms with Crippen molar-refractivity contribution >= 4 is 0 Å². The summed E-state index contributed by atoms with van der Waals surface area (Å²) in [6, 6.07) is 0. The highest BCUT2D eigenvalue weighted by atomic mass is 16.3. The fraction of sp³-hybridized carbons (Fsp3) is 0.750. The summed E-state index contributed by atoms with van der Waals surface area (Å²) in [4.78, 5) is 0. The third-order valence-corrected chi connectivity index (χ3v) is 0.898. The van der Waals surface area contributed by atoms with Gasteiger partial charge in [-0.2, -0.15) is 0 Å². The smallest absolute Gasteiger partial charge is 0.119 e. The van der Waals surface area contributed by atoms with Crippen molar-refractivity contribution in [3.8, 4) is 11.8 Å². The van der Waals surface area contributed by atoms with Gasteiger partial charge in [-0.3, -0.25) is 0 Å². The van der Waals surface area contributed by atoms with E-state index in [-0.39, 0.29) is 12.5 Å². The van der Waals surface area contributed by atoms with Gasteiger partial charge in [-0.05, 0) is 20.8 Å². The molecule has 0 amide bonds. The van der Waals surface area contributed by atoms with Crippen LogP contribution in [0.4, 0.5) is 0 Å². The molecule has 2 N–H and O–H groups in total. The quantitative estimate of drug-likeness (QED) is 0.520. The maximum Gasteiger partial charge on any atom is 0.119 e. The van der Waals surface area contributed by atoms with Crippen molar-refractivity contribution in [1.82, 2.24) is 0 Å². The first-order valence-corrected chi connectivity index (χ1v) is 3.31. The molecule has 0 aromatic heterocycles. The van der Waals surface area contributed by atoms with E-state index in [4.69, 9.17) is 10.2 Å². The van der Waals surface area contributed by atoms with Crippen LogP contribution in [0.1, 0.15) is 20.8 Å².